The van der Waals surface area contributed by atoms with Crippen LogP contribution in [-0.4, -0.2) is 59.0 Å². The lowest BCUT2D eigenvalue weighted by Gasteiger charge is -2.34. The van der Waals surface area contributed by atoms with E-state index < -0.39 is 10.0 Å². The van der Waals surface area contributed by atoms with Crippen LogP contribution >= 0.6 is 0 Å². The molecule has 0 bridgehead atoms. The number of ether oxygens (including phenoxy) is 1. The fraction of sp³-hybridized carbons (Fsp3) is 0.632. The average molecular weight is 398 g/mol. The number of piperidine rings is 1. The van der Waals surface area contributed by atoms with Crippen molar-refractivity contribution in [3.63, 3.8) is 0 Å². The Morgan fingerprint density at radius 1 is 1.22 bits per heavy atom. The van der Waals surface area contributed by atoms with Gasteiger partial charge in [0.15, 0.2) is 0 Å². The molecule has 2 unspecified atom stereocenters. The lowest BCUT2D eigenvalue weighted by molar-refractivity contribution is 0.0953. The first-order valence-electron chi connectivity index (χ1n) is 9.40. The number of hydrogen-bond acceptors (Lipinski definition) is 5. The predicted octanol–water partition coefficient (Wildman–Crippen LogP) is 1.70. The van der Waals surface area contributed by atoms with Gasteiger partial charge in [0.25, 0.3) is 5.91 Å². The molecule has 1 aliphatic heterocycles. The van der Waals surface area contributed by atoms with Crippen molar-refractivity contribution >= 4 is 15.9 Å². The van der Waals surface area contributed by atoms with Crippen molar-refractivity contribution in [3.8, 4) is 5.75 Å². The van der Waals surface area contributed by atoms with Crippen molar-refractivity contribution in [3.05, 3.63) is 23.8 Å². The van der Waals surface area contributed by atoms with Crippen LogP contribution in [0.3, 0.4) is 0 Å². The van der Waals surface area contributed by atoms with Crippen LogP contribution in [-0.2, 0) is 10.0 Å². The van der Waals surface area contributed by atoms with Gasteiger partial charge in [0.1, 0.15) is 10.6 Å². The van der Waals surface area contributed by atoms with Gasteiger partial charge in [0.05, 0.1) is 7.11 Å². The van der Waals surface area contributed by atoms with Crippen molar-refractivity contribution in [2.24, 2.45) is 11.8 Å². The molecule has 2 N–H and O–H groups in total. The number of nitrogens with one attached hydrogen (secondary N) is 2. The maximum atomic E-state index is 13.2. The van der Waals surface area contributed by atoms with E-state index in [2.05, 4.69) is 24.5 Å². The Morgan fingerprint density at radius 2 is 1.89 bits per heavy atom. The van der Waals surface area contributed by atoms with Gasteiger partial charge in [-0.1, -0.05) is 13.8 Å². The minimum absolute atomic E-state index is 0.0502. The number of carbonyl (C=O) groups excluding carboxylic acids is 1. The highest BCUT2D eigenvalue weighted by atomic mass is 32.2. The standard InChI is InChI=1S/C19H31N3O4S/c1-14-10-15(2)13-22(12-14)27(24,25)18-11-16(6-7-17(18)26-4)19(23)21-9-5-8-20-3/h6-7,11,14-15,20H,5,8-10,12-13H2,1-4H3,(H,21,23). The normalized spacial score (nSPS) is 21.0. The fourth-order valence-electron chi connectivity index (χ4n) is 3.53. The molecule has 0 aromatic heterocycles. The predicted molar refractivity (Wildman–Crippen MR) is 106 cm³/mol. The maximum absolute atomic E-state index is 13.2. The molecule has 1 amide bonds. The summed E-state index contributed by atoms with van der Waals surface area (Å²) in [6.45, 7) is 6.41. The largest absolute Gasteiger partial charge is 0.495 e. The number of sulfonamides is 1. The second-order valence-corrected chi connectivity index (χ2v) is 9.25. The summed E-state index contributed by atoms with van der Waals surface area (Å²) in [5, 5.41) is 5.83. The van der Waals surface area contributed by atoms with Gasteiger partial charge in [0.2, 0.25) is 10.0 Å². The van der Waals surface area contributed by atoms with Crippen LogP contribution in [0.25, 0.3) is 0 Å². The van der Waals surface area contributed by atoms with Crippen molar-refractivity contribution in [1.29, 1.82) is 0 Å². The van der Waals surface area contributed by atoms with Crippen LogP contribution in [0.5, 0.6) is 5.75 Å². The summed E-state index contributed by atoms with van der Waals surface area (Å²) >= 11 is 0. The van der Waals surface area contributed by atoms with E-state index >= 15 is 0 Å². The van der Waals surface area contributed by atoms with E-state index in [0.29, 0.717) is 37.0 Å². The summed E-state index contributed by atoms with van der Waals surface area (Å²) in [7, 11) is -0.448. The van der Waals surface area contributed by atoms with Crippen molar-refractivity contribution < 1.29 is 17.9 Å². The van der Waals surface area contributed by atoms with E-state index in [9.17, 15) is 13.2 Å². The molecule has 1 saturated heterocycles. The quantitative estimate of drug-likeness (QED) is 0.652. The second-order valence-electron chi connectivity index (χ2n) is 7.35. The number of rotatable bonds is 8. The van der Waals surface area contributed by atoms with Crippen molar-refractivity contribution in [2.75, 3.05) is 40.3 Å². The summed E-state index contributed by atoms with van der Waals surface area (Å²) in [6.07, 6.45) is 1.81. The van der Waals surface area contributed by atoms with Crippen molar-refractivity contribution in [2.45, 2.75) is 31.6 Å². The first kappa shape index (κ1) is 21.7. The van der Waals surface area contributed by atoms with E-state index in [1.165, 1.54) is 17.5 Å². The topological polar surface area (TPSA) is 87.7 Å². The van der Waals surface area contributed by atoms with E-state index in [0.717, 1.165) is 19.4 Å². The van der Waals surface area contributed by atoms with Gasteiger partial charge in [-0.3, -0.25) is 4.79 Å². The van der Waals surface area contributed by atoms with Crippen LogP contribution in [0.4, 0.5) is 0 Å². The second kappa shape index (κ2) is 9.52. The highest BCUT2D eigenvalue weighted by Crippen LogP contribution is 2.32. The van der Waals surface area contributed by atoms with Crippen LogP contribution in [0, 0.1) is 11.8 Å². The van der Waals surface area contributed by atoms with Crippen molar-refractivity contribution in [1.82, 2.24) is 14.9 Å². The summed E-state index contributed by atoms with van der Waals surface area (Å²) in [5.74, 6) is 0.569. The van der Waals surface area contributed by atoms with Crippen LogP contribution in [0.1, 0.15) is 37.0 Å². The van der Waals surface area contributed by atoms with E-state index in [4.69, 9.17) is 4.74 Å². The molecule has 0 spiro atoms. The summed E-state index contributed by atoms with van der Waals surface area (Å²) in [6, 6.07) is 4.56. The molecule has 152 valence electrons. The zero-order valence-corrected chi connectivity index (χ0v) is 17.4. The van der Waals surface area contributed by atoms with Crippen LogP contribution in [0.15, 0.2) is 23.1 Å². The molecule has 0 radical (unpaired) electrons. The molecule has 0 aliphatic carbocycles. The van der Waals surface area contributed by atoms with Gasteiger partial charge in [-0.2, -0.15) is 4.31 Å². The number of benzene rings is 1. The molecular formula is C19H31N3O4S. The SMILES string of the molecule is CNCCCNC(=O)c1ccc(OC)c(S(=O)(=O)N2CC(C)CC(C)C2)c1. The van der Waals surface area contributed by atoms with Gasteiger partial charge in [-0.15, -0.1) is 0 Å². The Balaban J connectivity index is 2.27. The third kappa shape index (κ3) is 5.43. The van der Waals surface area contributed by atoms with Gasteiger partial charge in [-0.05, 0) is 56.5 Å². The Bertz CT molecular complexity index is 741. The van der Waals surface area contributed by atoms with Gasteiger partial charge in [-0.25, -0.2) is 8.42 Å². The van der Waals surface area contributed by atoms with Crippen LogP contribution < -0.4 is 15.4 Å². The Morgan fingerprint density at radius 3 is 2.48 bits per heavy atom. The molecule has 1 fully saturated rings. The minimum Gasteiger partial charge on any atom is -0.495 e. The molecule has 8 heteroatoms. The molecule has 2 rings (SSSR count). The Labute approximate surface area is 162 Å². The molecule has 0 saturated carbocycles. The summed E-state index contributed by atoms with van der Waals surface area (Å²) < 4.78 is 33.3. The molecule has 1 heterocycles. The Hall–Kier alpha value is -1.64. The average Bonchev–Trinajstić information content (AvgIpc) is 2.63. The van der Waals surface area contributed by atoms with E-state index in [1.807, 2.05) is 7.05 Å². The molecule has 2 atom stereocenters. The van der Waals surface area contributed by atoms with E-state index in [1.54, 1.807) is 12.1 Å². The lowest BCUT2D eigenvalue weighted by Crippen LogP contribution is -2.42. The molecule has 7 nitrogen and oxygen atoms in total. The first-order chi connectivity index (χ1) is 12.8. The number of methoxy groups -OCH3 is 1. The Kier molecular flexibility index (Phi) is 7.64. The fourth-order valence-corrected chi connectivity index (χ4v) is 5.39. The van der Waals surface area contributed by atoms with Gasteiger partial charge < -0.3 is 15.4 Å². The van der Waals surface area contributed by atoms with Crippen LogP contribution in [0.2, 0.25) is 0 Å². The third-order valence-corrected chi connectivity index (χ3v) is 6.62. The number of carbonyl (C=O) groups is 1. The smallest absolute Gasteiger partial charge is 0.251 e. The number of amides is 1. The summed E-state index contributed by atoms with van der Waals surface area (Å²) in [5.41, 5.74) is 0.317. The first-order valence-corrected chi connectivity index (χ1v) is 10.8. The molecule has 1 aromatic rings. The molecular weight excluding hydrogens is 366 g/mol. The molecule has 1 aliphatic rings. The zero-order chi connectivity index (χ0) is 20.0. The number of hydrogen-bond donors (Lipinski definition) is 2. The maximum Gasteiger partial charge on any atom is 0.251 e. The van der Waals surface area contributed by atoms with E-state index in [-0.39, 0.29) is 16.6 Å². The molecule has 27 heavy (non-hydrogen) atoms. The summed E-state index contributed by atoms with van der Waals surface area (Å²) in [4.78, 5) is 12.4. The highest BCUT2D eigenvalue weighted by molar-refractivity contribution is 7.89. The number of nitrogens with zero attached hydrogens (tertiary/aromatic N) is 1. The lowest BCUT2D eigenvalue weighted by atomic mass is 9.94. The third-order valence-electron chi connectivity index (χ3n) is 4.77. The van der Waals surface area contributed by atoms with Gasteiger partial charge >= 0.3 is 0 Å². The highest BCUT2D eigenvalue weighted by Gasteiger charge is 2.34. The van der Waals surface area contributed by atoms with Gasteiger partial charge in [0, 0.05) is 25.2 Å². The monoisotopic (exact) mass is 397 g/mol. The minimum atomic E-state index is -3.74. The molecule has 1 aromatic carbocycles. The zero-order valence-electron chi connectivity index (χ0n) is 16.6.